The highest BCUT2D eigenvalue weighted by Crippen LogP contribution is 2.55. The van der Waals surface area contributed by atoms with Crippen LogP contribution >= 0.6 is 11.3 Å². The van der Waals surface area contributed by atoms with Gasteiger partial charge in [0.25, 0.3) is 0 Å². The van der Waals surface area contributed by atoms with E-state index < -0.39 is 5.41 Å². The van der Waals surface area contributed by atoms with Crippen molar-refractivity contribution in [1.82, 2.24) is 9.97 Å². The van der Waals surface area contributed by atoms with Gasteiger partial charge in [-0.05, 0) is 64.2 Å². The minimum absolute atomic E-state index is 0.539. The molecule has 0 amide bonds. The lowest BCUT2D eigenvalue weighted by Crippen LogP contribution is -2.29. The molecular formula is C33H22N2OS. The first-order valence-electron chi connectivity index (χ1n) is 12.2. The van der Waals surface area contributed by atoms with E-state index in [0.717, 1.165) is 33.3 Å². The fourth-order valence-electron chi connectivity index (χ4n) is 5.50. The van der Waals surface area contributed by atoms with Gasteiger partial charge in [0.05, 0.1) is 16.8 Å². The predicted octanol–water partition coefficient (Wildman–Crippen LogP) is 8.36. The lowest BCUT2D eigenvalue weighted by molar-refractivity contribution is 0.495. The monoisotopic (exact) mass is 494 g/mol. The molecule has 1 aliphatic carbocycles. The smallest absolute Gasteiger partial charge is 0.181 e. The number of aromatic nitrogens is 2. The Bertz CT molecular complexity index is 1660. The molecule has 0 radical (unpaired) electrons. The van der Waals surface area contributed by atoms with Gasteiger partial charge in [0.2, 0.25) is 0 Å². The van der Waals surface area contributed by atoms with Crippen molar-refractivity contribution in [3.8, 4) is 33.2 Å². The zero-order valence-electron chi connectivity index (χ0n) is 19.9. The van der Waals surface area contributed by atoms with E-state index in [1.165, 1.54) is 22.3 Å². The molecule has 7 rings (SSSR count). The summed E-state index contributed by atoms with van der Waals surface area (Å²) < 4.78 is 6.41. The summed E-state index contributed by atoms with van der Waals surface area (Å²) in [6.07, 6.45) is 3.69. The van der Waals surface area contributed by atoms with Crippen LogP contribution in [0.15, 0.2) is 133 Å². The van der Waals surface area contributed by atoms with Crippen molar-refractivity contribution in [2.24, 2.45) is 0 Å². The number of thiophene rings is 1. The third kappa shape index (κ3) is 3.49. The highest BCUT2D eigenvalue weighted by atomic mass is 32.1. The van der Waals surface area contributed by atoms with Crippen molar-refractivity contribution in [2.75, 3.05) is 0 Å². The summed E-state index contributed by atoms with van der Waals surface area (Å²) in [7, 11) is 0. The second-order valence-electron chi connectivity index (χ2n) is 9.06. The fraction of sp³-hybridized carbons (Fsp3) is 0.0303. The standard InChI is InChI=1S/C33H22N2OS/c1-3-14-28-26(12-1)27-13-2-4-15-29(27)33(28,31-17-6-8-19-35-31)24-10-9-11-25(21-24)36-32-20-23(22-37-32)30-16-5-7-18-34-30/h1-22H. The number of benzene rings is 3. The lowest BCUT2D eigenvalue weighted by atomic mass is 9.70. The first-order valence-corrected chi connectivity index (χ1v) is 13.1. The Hall–Kier alpha value is -4.54. The highest BCUT2D eigenvalue weighted by Gasteiger charge is 2.47. The Morgan fingerprint density at radius 2 is 1.32 bits per heavy atom. The van der Waals surface area contributed by atoms with Crippen LogP contribution in [0.3, 0.4) is 0 Å². The predicted molar refractivity (Wildman–Crippen MR) is 149 cm³/mol. The van der Waals surface area contributed by atoms with Gasteiger partial charge in [0, 0.05) is 29.4 Å². The third-order valence-corrected chi connectivity index (χ3v) is 7.83. The number of ether oxygens (including phenoxy) is 1. The maximum Gasteiger partial charge on any atom is 0.181 e. The van der Waals surface area contributed by atoms with Crippen molar-refractivity contribution in [2.45, 2.75) is 5.41 Å². The van der Waals surface area contributed by atoms with Gasteiger partial charge in [0.1, 0.15) is 5.75 Å². The van der Waals surface area contributed by atoms with Crippen LogP contribution in [0.25, 0.3) is 22.4 Å². The molecule has 0 saturated carbocycles. The van der Waals surface area contributed by atoms with Gasteiger partial charge in [-0.15, -0.1) is 11.3 Å². The fourth-order valence-corrected chi connectivity index (χ4v) is 6.27. The number of fused-ring (bicyclic) bond motifs is 3. The van der Waals surface area contributed by atoms with Crippen LogP contribution < -0.4 is 4.74 Å². The van der Waals surface area contributed by atoms with Crippen LogP contribution in [-0.2, 0) is 5.41 Å². The van der Waals surface area contributed by atoms with E-state index in [0.29, 0.717) is 0 Å². The average Bonchev–Trinajstić information content (AvgIpc) is 3.55. The van der Waals surface area contributed by atoms with Gasteiger partial charge in [-0.2, -0.15) is 0 Å². The van der Waals surface area contributed by atoms with Gasteiger partial charge in [-0.25, -0.2) is 0 Å². The Balaban J connectivity index is 1.37. The summed E-state index contributed by atoms with van der Waals surface area (Å²) in [4.78, 5) is 9.38. The zero-order valence-corrected chi connectivity index (χ0v) is 20.7. The van der Waals surface area contributed by atoms with Crippen LogP contribution in [0.4, 0.5) is 0 Å². The first-order chi connectivity index (χ1) is 18.3. The van der Waals surface area contributed by atoms with E-state index >= 15 is 0 Å². The third-order valence-electron chi connectivity index (χ3n) is 7.02. The first kappa shape index (κ1) is 21.7. The van der Waals surface area contributed by atoms with Crippen LogP contribution in [0.2, 0.25) is 0 Å². The van der Waals surface area contributed by atoms with E-state index in [-0.39, 0.29) is 0 Å². The molecule has 3 nitrogen and oxygen atoms in total. The normalized spacial score (nSPS) is 13.1. The molecule has 3 aromatic carbocycles. The number of hydrogen-bond acceptors (Lipinski definition) is 4. The summed E-state index contributed by atoms with van der Waals surface area (Å²) in [6, 6.07) is 39.9. The molecule has 6 aromatic rings. The van der Waals surface area contributed by atoms with E-state index in [1.807, 2.05) is 48.8 Å². The summed E-state index contributed by atoms with van der Waals surface area (Å²) >= 11 is 1.58. The van der Waals surface area contributed by atoms with E-state index in [4.69, 9.17) is 9.72 Å². The SMILES string of the molecule is c1ccc(-c2csc(Oc3cccc(C4(c5ccccn5)c5ccccc5-c5ccccc54)c3)c2)nc1. The van der Waals surface area contributed by atoms with Crippen LogP contribution in [0.1, 0.15) is 22.4 Å². The van der Waals surface area contributed by atoms with Crippen molar-refractivity contribution in [3.05, 3.63) is 155 Å². The molecule has 0 spiro atoms. The van der Waals surface area contributed by atoms with Gasteiger partial charge >= 0.3 is 0 Å². The minimum Gasteiger partial charge on any atom is -0.447 e. The van der Waals surface area contributed by atoms with Gasteiger partial charge in [-0.3, -0.25) is 9.97 Å². The molecule has 4 heteroatoms. The van der Waals surface area contributed by atoms with Crippen LogP contribution in [0, 0.1) is 0 Å². The molecule has 1 aliphatic rings. The van der Waals surface area contributed by atoms with Gasteiger partial charge in [-0.1, -0.05) is 72.8 Å². The molecule has 176 valence electrons. The second-order valence-corrected chi connectivity index (χ2v) is 9.93. The summed E-state index contributed by atoms with van der Waals surface area (Å²) in [5.74, 6) is 0.795. The Morgan fingerprint density at radius 1 is 0.622 bits per heavy atom. The molecule has 0 saturated heterocycles. The summed E-state index contributed by atoms with van der Waals surface area (Å²) in [5.41, 5.74) is 8.54. The number of hydrogen-bond donors (Lipinski definition) is 0. The summed E-state index contributed by atoms with van der Waals surface area (Å²) in [5, 5.41) is 2.91. The Morgan fingerprint density at radius 3 is 2.03 bits per heavy atom. The highest BCUT2D eigenvalue weighted by molar-refractivity contribution is 7.12. The van der Waals surface area contributed by atoms with Crippen molar-refractivity contribution in [1.29, 1.82) is 0 Å². The largest absolute Gasteiger partial charge is 0.447 e. The molecule has 0 bridgehead atoms. The Kier molecular flexibility index (Phi) is 5.19. The maximum atomic E-state index is 6.41. The number of pyridine rings is 2. The van der Waals surface area contributed by atoms with Gasteiger partial charge in [0.15, 0.2) is 5.06 Å². The molecule has 0 unspecified atom stereocenters. The number of rotatable bonds is 5. The van der Waals surface area contributed by atoms with E-state index in [1.54, 1.807) is 11.3 Å². The molecular weight excluding hydrogens is 472 g/mol. The molecule has 3 aromatic heterocycles. The quantitative estimate of drug-likeness (QED) is 0.241. The van der Waals surface area contributed by atoms with Crippen molar-refractivity contribution in [3.63, 3.8) is 0 Å². The minimum atomic E-state index is -0.539. The molecule has 0 aliphatic heterocycles. The maximum absolute atomic E-state index is 6.41. The van der Waals surface area contributed by atoms with Crippen molar-refractivity contribution < 1.29 is 4.74 Å². The molecule has 3 heterocycles. The molecule has 0 atom stereocenters. The second kappa shape index (κ2) is 8.84. The van der Waals surface area contributed by atoms with E-state index in [2.05, 4.69) is 89.2 Å². The van der Waals surface area contributed by atoms with Crippen molar-refractivity contribution >= 4 is 11.3 Å². The Labute approximate surface area is 219 Å². The average molecular weight is 495 g/mol. The van der Waals surface area contributed by atoms with E-state index in [9.17, 15) is 0 Å². The van der Waals surface area contributed by atoms with Crippen LogP contribution in [0.5, 0.6) is 10.8 Å². The van der Waals surface area contributed by atoms with Gasteiger partial charge < -0.3 is 4.74 Å². The molecule has 0 fully saturated rings. The lowest BCUT2D eigenvalue weighted by Gasteiger charge is -2.32. The zero-order chi connectivity index (χ0) is 24.7. The van der Waals surface area contributed by atoms with Crippen LogP contribution in [-0.4, -0.2) is 9.97 Å². The summed E-state index contributed by atoms with van der Waals surface area (Å²) in [6.45, 7) is 0. The number of nitrogens with zero attached hydrogens (tertiary/aromatic N) is 2. The molecule has 0 N–H and O–H groups in total. The molecule has 37 heavy (non-hydrogen) atoms. The topological polar surface area (TPSA) is 35.0 Å².